The lowest BCUT2D eigenvalue weighted by Crippen LogP contribution is -2.35. The van der Waals surface area contributed by atoms with E-state index in [0.717, 1.165) is 0 Å². The van der Waals surface area contributed by atoms with Crippen LogP contribution in [0.25, 0.3) is 4.48 Å². The molecule has 1 amide bonds. The minimum Gasteiger partial charge on any atom is -0.282 e. The zero-order valence-electron chi connectivity index (χ0n) is 6.45. The molecule has 4 heteroatoms. The molecular formula is C9H4BrNO2. The van der Waals surface area contributed by atoms with Crippen molar-refractivity contribution in [2.75, 3.05) is 0 Å². The first-order chi connectivity index (χ1) is 6.20. The fraction of sp³-hybridized carbons (Fsp3) is 0. The van der Waals surface area contributed by atoms with Crippen LogP contribution in [0.15, 0.2) is 29.3 Å². The van der Waals surface area contributed by atoms with Gasteiger partial charge in [-0.3, -0.25) is 9.59 Å². The van der Waals surface area contributed by atoms with Crippen LogP contribution in [-0.4, -0.2) is 11.7 Å². The number of carbonyl (C=O) groups is 2. The van der Waals surface area contributed by atoms with Crippen LogP contribution in [-0.2, 0) is 9.59 Å². The standard InChI is InChI=1S/C9H4BrNO2/c10-7-5-3-1-2-4-6(5)11-9(13)8(7)12/h1-4H. The van der Waals surface area contributed by atoms with Gasteiger partial charge < -0.3 is 0 Å². The van der Waals surface area contributed by atoms with Crippen molar-refractivity contribution in [2.45, 2.75) is 0 Å². The van der Waals surface area contributed by atoms with E-state index in [4.69, 9.17) is 0 Å². The minimum absolute atomic E-state index is 0.295. The van der Waals surface area contributed by atoms with Crippen molar-refractivity contribution >= 4 is 32.1 Å². The summed E-state index contributed by atoms with van der Waals surface area (Å²) < 4.78 is 0.295. The van der Waals surface area contributed by atoms with Gasteiger partial charge in [-0.2, -0.15) is 0 Å². The Morgan fingerprint density at radius 3 is 2.62 bits per heavy atom. The van der Waals surface area contributed by atoms with Crippen LogP contribution in [0.1, 0.15) is 0 Å². The van der Waals surface area contributed by atoms with Crippen LogP contribution in [0.2, 0.25) is 0 Å². The quantitative estimate of drug-likeness (QED) is 0.593. The van der Waals surface area contributed by atoms with Crippen molar-refractivity contribution in [2.24, 2.45) is 4.99 Å². The number of carbonyl (C=O) groups excluding carboxylic acids is 2. The van der Waals surface area contributed by atoms with E-state index >= 15 is 0 Å². The van der Waals surface area contributed by atoms with E-state index in [1.54, 1.807) is 24.3 Å². The normalized spacial score (nSPS) is 15.3. The number of hydrogen-bond donors (Lipinski definition) is 0. The molecule has 0 spiro atoms. The van der Waals surface area contributed by atoms with Crippen LogP contribution in [0, 0.1) is 0 Å². The van der Waals surface area contributed by atoms with Crippen molar-refractivity contribution in [3.8, 4) is 0 Å². The van der Waals surface area contributed by atoms with Gasteiger partial charge in [0.1, 0.15) is 0 Å². The maximum absolute atomic E-state index is 11.2. The SMILES string of the molecule is O=C1N=c2ccccc2=C(Br)C1=O. The van der Waals surface area contributed by atoms with Crippen LogP contribution in [0.4, 0.5) is 0 Å². The zero-order chi connectivity index (χ0) is 9.42. The molecule has 0 aromatic heterocycles. The summed E-state index contributed by atoms with van der Waals surface area (Å²) in [6.45, 7) is 0. The molecule has 0 radical (unpaired) electrons. The molecule has 0 saturated heterocycles. The van der Waals surface area contributed by atoms with Gasteiger partial charge in [-0.05, 0) is 22.0 Å². The van der Waals surface area contributed by atoms with E-state index < -0.39 is 11.7 Å². The summed E-state index contributed by atoms with van der Waals surface area (Å²) in [5, 5.41) is 1.21. The van der Waals surface area contributed by atoms with Crippen molar-refractivity contribution in [3.63, 3.8) is 0 Å². The Hall–Kier alpha value is -1.29. The maximum atomic E-state index is 11.2. The number of ketones is 1. The molecule has 3 nitrogen and oxygen atoms in total. The van der Waals surface area contributed by atoms with E-state index in [-0.39, 0.29) is 0 Å². The smallest absolute Gasteiger partial charge is 0.282 e. The molecule has 1 aromatic rings. The second kappa shape index (κ2) is 2.88. The number of benzene rings is 1. The number of Topliss-reactive ketones (excluding diaryl/α,β-unsaturated/α-hetero) is 1. The van der Waals surface area contributed by atoms with Crippen LogP contribution < -0.4 is 10.6 Å². The van der Waals surface area contributed by atoms with Crippen molar-refractivity contribution in [1.82, 2.24) is 0 Å². The molecule has 0 fully saturated rings. The predicted octanol–water partition coefficient (Wildman–Crippen LogP) is -0.0814. The summed E-state index contributed by atoms with van der Waals surface area (Å²) >= 11 is 3.08. The second-order valence-corrected chi connectivity index (χ2v) is 3.37. The molecular weight excluding hydrogens is 234 g/mol. The lowest BCUT2D eigenvalue weighted by molar-refractivity contribution is -0.132. The first kappa shape index (κ1) is 8.31. The molecule has 0 saturated carbocycles. The highest BCUT2D eigenvalue weighted by atomic mass is 79.9. The van der Waals surface area contributed by atoms with E-state index in [9.17, 15) is 9.59 Å². The Kier molecular flexibility index (Phi) is 1.84. The molecule has 13 heavy (non-hydrogen) atoms. The Bertz CT molecular complexity index is 519. The Morgan fingerprint density at radius 1 is 1.15 bits per heavy atom. The van der Waals surface area contributed by atoms with Gasteiger partial charge in [0.15, 0.2) is 0 Å². The molecule has 1 aliphatic heterocycles. The van der Waals surface area contributed by atoms with Gasteiger partial charge in [-0.15, -0.1) is 0 Å². The highest BCUT2D eigenvalue weighted by molar-refractivity contribution is 9.15. The van der Waals surface area contributed by atoms with Crippen LogP contribution in [0.5, 0.6) is 0 Å². The fourth-order valence-electron chi connectivity index (χ4n) is 1.13. The highest BCUT2D eigenvalue weighted by Gasteiger charge is 2.20. The van der Waals surface area contributed by atoms with Gasteiger partial charge in [-0.25, -0.2) is 4.99 Å². The second-order valence-electron chi connectivity index (χ2n) is 2.58. The van der Waals surface area contributed by atoms with Gasteiger partial charge in [-0.1, -0.05) is 18.2 Å². The molecule has 1 heterocycles. The third-order valence-corrected chi connectivity index (χ3v) is 2.54. The van der Waals surface area contributed by atoms with E-state index in [1.807, 2.05) is 0 Å². The van der Waals surface area contributed by atoms with E-state index in [0.29, 0.717) is 15.1 Å². The summed E-state index contributed by atoms with van der Waals surface area (Å²) in [4.78, 5) is 25.8. The van der Waals surface area contributed by atoms with Gasteiger partial charge in [0, 0.05) is 5.22 Å². The molecule has 0 bridgehead atoms. The Morgan fingerprint density at radius 2 is 1.85 bits per heavy atom. The number of halogens is 1. The van der Waals surface area contributed by atoms with Crippen LogP contribution in [0.3, 0.4) is 0 Å². The van der Waals surface area contributed by atoms with Gasteiger partial charge >= 0.3 is 5.91 Å². The number of nitrogens with zero attached hydrogens (tertiary/aromatic N) is 1. The summed E-state index contributed by atoms with van der Waals surface area (Å²) in [6, 6.07) is 7.00. The zero-order valence-corrected chi connectivity index (χ0v) is 8.04. The number of amides is 1. The third kappa shape index (κ3) is 1.23. The lowest BCUT2D eigenvalue weighted by atomic mass is 10.2. The summed E-state index contributed by atoms with van der Waals surface area (Å²) in [6.07, 6.45) is 0. The van der Waals surface area contributed by atoms with Gasteiger partial charge in [0.2, 0.25) is 0 Å². The first-order valence-corrected chi connectivity index (χ1v) is 4.41. The van der Waals surface area contributed by atoms with Gasteiger partial charge in [0.25, 0.3) is 5.78 Å². The first-order valence-electron chi connectivity index (χ1n) is 3.62. The molecule has 1 aromatic carbocycles. The number of para-hydroxylation sites is 1. The maximum Gasteiger partial charge on any atom is 0.319 e. The number of fused-ring (bicyclic) bond motifs is 1. The number of hydrogen-bond acceptors (Lipinski definition) is 2. The van der Waals surface area contributed by atoms with Gasteiger partial charge in [0.05, 0.1) is 9.84 Å². The van der Waals surface area contributed by atoms with Crippen molar-refractivity contribution in [1.29, 1.82) is 0 Å². The highest BCUT2D eigenvalue weighted by Crippen LogP contribution is 2.07. The third-order valence-electron chi connectivity index (χ3n) is 1.76. The molecule has 2 rings (SSSR count). The Labute approximate surface area is 81.9 Å². The average molecular weight is 238 g/mol. The fourth-order valence-corrected chi connectivity index (χ4v) is 1.64. The Balaban J connectivity index is 2.97. The predicted molar refractivity (Wildman–Crippen MR) is 49.6 cm³/mol. The van der Waals surface area contributed by atoms with E-state index in [2.05, 4.69) is 20.9 Å². The molecule has 0 N–H and O–H groups in total. The molecule has 0 aliphatic carbocycles. The monoisotopic (exact) mass is 237 g/mol. The summed E-state index contributed by atoms with van der Waals surface area (Å²) in [5.41, 5.74) is 0. The van der Waals surface area contributed by atoms with Crippen molar-refractivity contribution in [3.05, 3.63) is 34.8 Å². The molecule has 0 unspecified atom stereocenters. The summed E-state index contributed by atoms with van der Waals surface area (Å²) in [5.74, 6) is -1.30. The van der Waals surface area contributed by atoms with E-state index in [1.165, 1.54) is 0 Å². The minimum atomic E-state index is -0.717. The largest absolute Gasteiger partial charge is 0.319 e. The number of rotatable bonds is 0. The van der Waals surface area contributed by atoms with Crippen molar-refractivity contribution < 1.29 is 9.59 Å². The van der Waals surface area contributed by atoms with Crippen LogP contribution >= 0.6 is 15.9 Å². The topological polar surface area (TPSA) is 46.5 Å². The molecule has 64 valence electrons. The lowest BCUT2D eigenvalue weighted by Gasteiger charge is -2.00. The molecule has 0 atom stereocenters. The summed E-state index contributed by atoms with van der Waals surface area (Å²) in [7, 11) is 0. The average Bonchev–Trinajstić information content (AvgIpc) is 2.15. The molecule has 1 aliphatic rings.